The summed E-state index contributed by atoms with van der Waals surface area (Å²) in [6, 6.07) is 5.29. The second-order valence-electron chi connectivity index (χ2n) is 7.41. The smallest absolute Gasteiger partial charge is 0.251 e. The monoisotopic (exact) mass is 369 g/mol. The topological polar surface area (TPSA) is 84.2 Å². The van der Waals surface area contributed by atoms with Gasteiger partial charge in [0.15, 0.2) is 0 Å². The van der Waals surface area contributed by atoms with Gasteiger partial charge < -0.3 is 16.4 Å². The molecule has 1 unspecified atom stereocenters. The molecule has 2 amide bonds. The van der Waals surface area contributed by atoms with E-state index in [9.17, 15) is 9.59 Å². The normalized spacial score (nSPS) is 13.2. The number of aryl methyl sites for hydroxylation is 1. The minimum absolute atomic E-state index is 0. The highest BCUT2D eigenvalue weighted by Crippen LogP contribution is 2.20. The molecule has 0 saturated carbocycles. The van der Waals surface area contributed by atoms with Gasteiger partial charge in [-0.2, -0.15) is 0 Å². The molecule has 1 atom stereocenters. The first-order valence-corrected chi connectivity index (χ1v) is 8.52. The van der Waals surface area contributed by atoms with Gasteiger partial charge in [0.05, 0.1) is 5.54 Å². The van der Waals surface area contributed by atoms with Gasteiger partial charge in [-0.15, -0.1) is 12.4 Å². The summed E-state index contributed by atoms with van der Waals surface area (Å²) in [7, 11) is 0. The van der Waals surface area contributed by atoms with Gasteiger partial charge in [0.1, 0.15) is 0 Å². The van der Waals surface area contributed by atoms with Crippen LogP contribution in [0.5, 0.6) is 0 Å². The van der Waals surface area contributed by atoms with Gasteiger partial charge in [-0.25, -0.2) is 0 Å². The molecule has 1 rings (SSSR count). The molecule has 0 aliphatic carbocycles. The Morgan fingerprint density at radius 1 is 1.20 bits per heavy atom. The second kappa shape index (κ2) is 9.78. The zero-order valence-electron chi connectivity index (χ0n) is 16.1. The van der Waals surface area contributed by atoms with Crippen molar-refractivity contribution in [2.24, 2.45) is 17.6 Å². The summed E-state index contributed by atoms with van der Waals surface area (Å²) in [5.41, 5.74) is 7.53. The van der Waals surface area contributed by atoms with Gasteiger partial charge in [0.2, 0.25) is 5.91 Å². The number of nitrogens with two attached hydrogens (primary N) is 1. The van der Waals surface area contributed by atoms with Crippen LogP contribution in [-0.2, 0) is 4.79 Å². The first-order chi connectivity index (χ1) is 11.1. The number of hydrogen-bond acceptors (Lipinski definition) is 3. The Bertz CT molecular complexity index is 602. The van der Waals surface area contributed by atoms with Crippen molar-refractivity contribution in [3.63, 3.8) is 0 Å². The molecule has 4 N–H and O–H groups in total. The van der Waals surface area contributed by atoms with Crippen molar-refractivity contribution < 1.29 is 9.59 Å². The number of carbonyl (C=O) groups is 2. The standard InChI is InChI=1S/C19H31N3O2.ClH/c1-12(2)9-17(23)21-16-8-7-15(10-14(16)5)18(24)22-19(6,11-20)13(3)4;/h7-8,10,12-13H,9,11,20H2,1-6H3,(H,21,23)(H,22,24);1H. The first kappa shape index (κ1) is 23.4. The molecule has 5 nitrogen and oxygen atoms in total. The molecule has 0 aliphatic rings. The fourth-order valence-corrected chi connectivity index (χ4v) is 2.28. The highest BCUT2D eigenvalue weighted by atomic mass is 35.5. The number of anilines is 1. The maximum Gasteiger partial charge on any atom is 0.251 e. The van der Waals surface area contributed by atoms with Crippen LogP contribution >= 0.6 is 12.4 Å². The Balaban J connectivity index is 0.00000576. The highest BCUT2D eigenvalue weighted by molar-refractivity contribution is 5.97. The molecule has 25 heavy (non-hydrogen) atoms. The van der Waals surface area contributed by atoms with Crippen molar-refractivity contribution in [3.8, 4) is 0 Å². The number of carbonyl (C=O) groups excluding carboxylic acids is 2. The number of benzene rings is 1. The van der Waals surface area contributed by atoms with Gasteiger partial charge >= 0.3 is 0 Å². The SMILES string of the molecule is Cc1cc(C(=O)NC(C)(CN)C(C)C)ccc1NC(=O)CC(C)C.Cl. The minimum atomic E-state index is -0.449. The molecule has 0 aliphatic heterocycles. The third-order valence-corrected chi connectivity index (χ3v) is 4.45. The quantitative estimate of drug-likeness (QED) is 0.687. The van der Waals surface area contributed by atoms with E-state index in [1.807, 2.05) is 41.5 Å². The van der Waals surface area contributed by atoms with Crippen LogP contribution in [0.25, 0.3) is 0 Å². The molecule has 6 heteroatoms. The Kier molecular flexibility index (Phi) is 9.16. The van der Waals surface area contributed by atoms with Gasteiger partial charge in [0.25, 0.3) is 5.91 Å². The average Bonchev–Trinajstić information content (AvgIpc) is 2.47. The Morgan fingerprint density at radius 2 is 1.80 bits per heavy atom. The van der Waals surface area contributed by atoms with Crippen molar-refractivity contribution in [3.05, 3.63) is 29.3 Å². The molecular formula is C19H32ClN3O2. The fourth-order valence-electron chi connectivity index (χ4n) is 2.28. The van der Waals surface area contributed by atoms with E-state index in [0.29, 0.717) is 24.4 Å². The van der Waals surface area contributed by atoms with Gasteiger partial charge in [-0.3, -0.25) is 9.59 Å². The van der Waals surface area contributed by atoms with Gasteiger partial charge in [-0.05, 0) is 49.4 Å². The molecule has 142 valence electrons. The van der Waals surface area contributed by atoms with E-state index in [4.69, 9.17) is 5.73 Å². The number of amides is 2. The van der Waals surface area contributed by atoms with E-state index < -0.39 is 5.54 Å². The van der Waals surface area contributed by atoms with E-state index in [2.05, 4.69) is 10.6 Å². The van der Waals surface area contributed by atoms with Crippen molar-refractivity contribution in [1.82, 2.24) is 5.32 Å². The highest BCUT2D eigenvalue weighted by Gasteiger charge is 2.29. The van der Waals surface area contributed by atoms with Crippen LogP contribution in [0, 0.1) is 18.8 Å². The lowest BCUT2D eigenvalue weighted by Gasteiger charge is -2.33. The Hall–Kier alpha value is -1.59. The summed E-state index contributed by atoms with van der Waals surface area (Å²) in [5.74, 6) is 0.364. The summed E-state index contributed by atoms with van der Waals surface area (Å²) < 4.78 is 0. The lowest BCUT2D eigenvalue weighted by Crippen LogP contribution is -2.55. The van der Waals surface area contributed by atoms with Crippen LogP contribution < -0.4 is 16.4 Å². The lowest BCUT2D eigenvalue weighted by atomic mass is 9.88. The van der Waals surface area contributed by atoms with E-state index in [0.717, 1.165) is 11.3 Å². The molecule has 0 fully saturated rings. The molecule has 0 aromatic heterocycles. The summed E-state index contributed by atoms with van der Waals surface area (Å²) in [6.45, 7) is 12.3. The third kappa shape index (κ3) is 6.67. The molecule has 1 aromatic rings. The summed E-state index contributed by atoms with van der Waals surface area (Å²) in [6.07, 6.45) is 0.477. The van der Waals surface area contributed by atoms with Crippen molar-refractivity contribution in [1.29, 1.82) is 0 Å². The predicted octanol–water partition coefficient (Wildman–Crippen LogP) is 3.50. The molecule has 0 radical (unpaired) electrons. The van der Waals surface area contributed by atoms with Gasteiger partial charge in [-0.1, -0.05) is 27.7 Å². The zero-order chi connectivity index (χ0) is 18.5. The lowest BCUT2D eigenvalue weighted by molar-refractivity contribution is -0.116. The summed E-state index contributed by atoms with van der Waals surface area (Å²) >= 11 is 0. The van der Waals surface area contributed by atoms with E-state index in [1.54, 1.807) is 18.2 Å². The van der Waals surface area contributed by atoms with Crippen LogP contribution in [-0.4, -0.2) is 23.9 Å². The van der Waals surface area contributed by atoms with Gasteiger partial charge in [0, 0.05) is 24.2 Å². The number of halogens is 1. The van der Waals surface area contributed by atoms with Crippen LogP contribution in [0.2, 0.25) is 0 Å². The van der Waals surface area contributed by atoms with Crippen molar-refractivity contribution in [2.45, 2.75) is 53.5 Å². The maximum atomic E-state index is 12.5. The van der Waals surface area contributed by atoms with E-state index in [1.165, 1.54) is 0 Å². The molecule has 0 heterocycles. The van der Waals surface area contributed by atoms with Crippen LogP contribution in [0.1, 0.15) is 57.0 Å². The van der Waals surface area contributed by atoms with Crippen LogP contribution in [0.4, 0.5) is 5.69 Å². The first-order valence-electron chi connectivity index (χ1n) is 8.52. The Morgan fingerprint density at radius 3 is 2.24 bits per heavy atom. The van der Waals surface area contributed by atoms with E-state index in [-0.39, 0.29) is 30.1 Å². The van der Waals surface area contributed by atoms with Crippen LogP contribution in [0.15, 0.2) is 18.2 Å². The molecule has 1 aromatic carbocycles. The second-order valence-corrected chi connectivity index (χ2v) is 7.41. The predicted molar refractivity (Wildman–Crippen MR) is 106 cm³/mol. The van der Waals surface area contributed by atoms with Crippen LogP contribution in [0.3, 0.4) is 0 Å². The van der Waals surface area contributed by atoms with E-state index >= 15 is 0 Å². The zero-order valence-corrected chi connectivity index (χ0v) is 16.9. The number of rotatable bonds is 7. The maximum absolute atomic E-state index is 12.5. The summed E-state index contributed by atoms with van der Waals surface area (Å²) in [5, 5.41) is 5.92. The molecular weight excluding hydrogens is 338 g/mol. The molecule has 0 bridgehead atoms. The Labute approximate surface area is 157 Å². The fraction of sp³-hybridized carbons (Fsp3) is 0.579. The largest absolute Gasteiger partial charge is 0.345 e. The average molecular weight is 370 g/mol. The molecule has 0 saturated heterocycles. The number of nitrogens with one attached hydrogen (secondary N) is 2. The van der Waals surface area contributed by atoms with Crippen molar-refractivity contribution >= 4 is 29.9 Å². The number of hydrogen-bond donors (Lipinski definition) is 3. The third-order valence-electron chi connectivity index (χ3n) is 4.45. The minimum Gasteiger partial charge on any atom is -0.345 e. The summed E-state index contributed by atoms with van der Waals surface area (Å²) in [4.78, 5) is 24.4. The van der Waals surface area contributed by atoms with Crippen molar-refractivity contribution in [2.75, 3.05) is 11.9 Å². The molecule has 0 spiro atoms.